The van der Waals surface area contributed by atoms with E-state index in [2.05, 4.69) is 123 Å². The number of hydrogen-bond acceptors (Lipinski definition) is 2. The monoisotopic (exact) mass is 475 g/mol. The van der Waals surface area contributed by atoms with Gasteiger partial charge in [0.25, 0.3) is 0 Å². The standard InChI is InChI=1S/C32H21N5/c1-2-10-22(11-3-1)31-33-26-13-5-7-15-28(26)36(31)23-17-19-24(20-18-23)37-27-14-6-4-12-25(27)30-32(37)35-21-9-8-16-29(35)34-30/h1-21H. The molecule has 0 unspecified atom stereocenters. The number of benzene rings is 4. The molecule has 0 atom stereocenters. The van der Waals surface area contributed by atoms with E-state index in [-0.39, 0.29) is 0 Å². The lowest BCUT2D eigenvalue weighted by Gasteiger charge is -2.12. The van der Waals surface area contributed by atoms with Gasteiger partial charge < -0.3 is 0 Å². The number of aromatic nitrogens is 5. The zero-order valence-electron chi connectivity index (χ0n) is 19.9. The van der Waals surface area contributed by atoms with Crippen molar-refractivity contribution in [3.8, 4) is 22.8 Å². The van der Waals surface area contributed by atoms with Crippen molar-refractivity contribution in [2.45, 2.75) is 0 Å². The third-order valence-corrected chi connectivity index (χ3v) is 7.08. The molecule has 4 aromatic carbocycles. The van der Waals surface area contributed by atoms with Crippen LogP contribution in [-0.4, -0.2) is 23.5 Å². The van der Waals surface area contributed by atoms with Crippen LogP contribution in [0.15, 0.2) is 128 Å². The molecule has 0 aliphatic heterocycles. The maximum Gasteiger partial charge on any atom is 0.150 e. The van der Waals surface area contributed by atoms with Crippen molar-refractivity contribution in [1.82, 2.24) is 23.5 Å². The molecule has 0 aliphatic rings. The van der Waals surface area contributed by atoms with Crippen molar-refractivity contribution >= 4 is 38.7 Å². The summed E-state index contributed by atoms with van der Waals surface area (Å²) in [5.74, 6) is 0.935. The second-order valence-corrected chi connectivity index (χ2v) is 9.21. The van der Waals surface area contributed by atoms with Gasteiger partial charge in [0.15, 0.2) is 5.65 Å². The van der Waals surface area contributed by atoms with E-state index in [1.165, 1.54) is 0 Å². The van der Waals surface area contributed by atoms with E-state index >= 15 is 0 Å². The van der Waals surface area contributed by atoms with E-state index in [9.17, 15) is 0 Å². The number of fused-ring (bicyclic) bond motifs is 6. The Bertz CT molecular complexity index is 2070. The molecular formula is C32H21N5. The largest absolute Gasteiger partial charge is 0.294 e. The zero-order valence-corrected chi connectivity index (χ0v) is 19.9. The van der Waals surface area contributed by atoms with E-state index in [0.717, 1.165) is 61.5 Å². The van der Waals surface area contributed by atoms with Crippen LogP contribution in [0.25, 0.3) is 61.5 Å². The van der Waals surface area contributed by atoms with Crippen molar-refractivity contribution in [1.29, 1.82) is 0 Å². The molecule has 0 radical (unpaired) electrons. The van der Waals surface area contributed by atoms with Gasteiger partial charge in [-0.25, -0.2) is 9.97 Å². The van der Waals surface area contributed by atoms with Gasteiger partial charge in [0, 0.05) is 28.5 Å². The summed E-state index contributed by atoms with van der Waals surface area (Å²) in [7, 11) is 0. The summed E-state index contributed by atoms with van der Waals surface area (Å²) in [5.41, 5.74) is 9.49. The lowest BCUT2D eigenvalue weighted by atomic mass is 10.2. The van der Waals surface area contributed by atoms with Gasteiger partial charge in [-0.15, -0.1) is 0 Å². The van der Waals surface area contributed by atoms with Crippen LogP contribution in [0.1, 0.15) is 0 Å². The third-order valence-electron chi connectivity index (χ3n) is 7.08. The molecule has 8 aromatic rings. The Morgan fingerprint density at radius 1 is 0.514 bits per heavy atom. The first-order valence-electron chi connectivity index (χ1n) is 12.4. The van der Waals surface area contributed by atoms with Crippen LogP contribution < -0.4 is 0 Å². The molecule has 5 heteroatoms. The minimum absolute atomic E-state index is 0.935. The Kier molecular flexibility index (Phi) is 4.16. The molecule has 0 saturated heterocycles. The minimum atomic E-state index is 0.935. The van der Waals surface area contributed by atoms with Crippen molar-refractivity contribution in [3.63, 3.8) is 0 Å². The second-order valence-electron chi connectivity index (χ2n) is 9.21. The van der Waals surface area contributed by atoms with Crippen LogP contribution in [-0.2, 0) is 0 Å². The average Bonchev–Trinajstić information content (AvgIpc) is 3.63. The highest BCUT2D eigenvalue weighted by Gasteiger charge is 2.18. The lowest BCUT2D eigenvalue weighted by molar-refractivity contribution is 1.07. The van der Waals surface area contributed by atoms with Gasteiger partial charge in [-0.1, -0.05) is 66.7 Å². The zero-order chi connectivity index (χ0) is 24.3. The molecule has 4 aromatic heterocycles. The van der Waals surface area contributed by atoms with Gasteiger partial charge in [-0.05, 0) is 54.6 Å². The fraction of sp³-hybridized carbons (Fsp3) is 0. The van der Waals surface area contributed by atoms with E-state index in [0.29, 0.717) is 0 Å². The molecule has 5 nitrogen and oxygen atoms in total. The summed E-state index contributed by atoms with van der Waals surface area (Å²) >= 11 is 0. The van der Waals surface area contributed by atoms with Crippen LogP contribution >= 0.6 is 0 Å². The molecule has 0 aliphatic carbocycles. The van der Waals surface area contributed by atoms with Gasteiger partial charge in [-0.2, -0.15) is 0 Å². The van der Waals surface area contributed by atoms with Gasteiger partial charge in [0.05, 0.1) is 16.6 Å². The second kappa shape index (κ2) is 7.67. The van der Waals surface area contributed by atoms with Crippen molar-refractivity contribution in [2.24, 2.45) is 0 Å². The first-order valence-corrected chi connectivity index (χ1v) is 12.4. The molecular weight excluding hydrogens is 454 g/mol. The summed E-state index contributed by atoms with van der Waals surface area (Å²) < 4.78 is 6.71. The molecule has 0 amide bonds. The Morgan fingerprint density at radius 3 is 2.03 bits per heavy atom. The third kappa shape index (κ3) is 2.91. The molecule has 0 N–H and O–H groups in total. The summed E-state index contributed by atoms with van der Waals surface area (Å²) in [5, 5.41) is 1.15. The highest BCUT2D eigenvalue weighted by molar-refractivity contribution is 6.07. The topological polar surface area (TPSA) is 40.0 Å². The first-order chi connectivity index (χ1) is 18.4. The molecule has 37 heavy (non-hydrogen) atoms. The molecule has 8 rings (SSSR count). The Labute approximate surface area is 212 Å². The summed E-state index contributed by atoms with van der Waals surface area (Å²) in [6.07, 6.45) is 2.08. The van der Waals surface area contributed by atoms with Crippen LogP contribution in [0.2, 0.25) is 0 Å². The first kappa shape index (κ1) is 20.1. The predicted octanol–water partition coefficient (Wildman–Crippen LogP) is 7.44. The normalized spacial score (nSPS) is 11.8. The number of hydrogen-bond donors (Lipinski definition) is 0. The molecule has 0 bridgehead atoms. The van der Waals surface area contributed by atoms with Gasteiger partial charge >= 0.3 is 0 Å². The highest BCUT2D eigenvalue weighted by Crippen LogP contribution is 2.33. The Hall–Kier alpha value is -5.16. The van der Waals surface area contributed by atoms with Gasteiger partial charge in [-0.3, -0.25) is 13.5 Å². The van der Waals surface area contributed by atoms with Gasteiger partial charge in [0.2, 0.25) is 0 Å². The van der Waals surface area contributed by atoms with Crippen molar-refractivity contribution < 1.29 is 0 Å². The van der Waals surface area contributed by atoms with Crippen LogP contribution in [0, 0.1) is 0 Å². The Balaban J connectivity index is 1.36. The average molecular weight is 476 g/mol. The summed E-state index contributed by atoms with van der Waals surface area (Å²) in [6.45, 7) is 0. The van der Waals surface area contributed by atoms with E-state index < -0.39 is 0 Å². The number of rotatable bonds is 3. The molecule has 0 spiro atoms. The maximum atomic E-state index is 4.99. The number of imidazole rings is 2. The smallest absolute Gasteiger partial charge is 0.150 e. The minimum Gasteiger partial charge on any atom is -0.294 e. The summed E-state index contributed by atoms with van der Waals surface area (Å²) in [4.78, 5) is 9.94. The number of pyridine rings is 1. The fourth-order valence-electron chi connectivity index (χ4n) is 5.44. The maximum absolute atomic E-state index is 4.99. The highest BCUT2D eigenvalue weighted by atomic mass is 15.1. The van der Waals surface area contributed by atoms with Crippen LogP contribution in [0.5, 0.6) is 0 Å². The SMILES string of the molecule is c1ccc(-c2nc3ccccc3n2-c2ccc(-n3c4ccccc4c4nc5ccccn5c43)cc2)cc1. The van der Waals surface area contributed by atoms with Crippen LogP contribution in [0.3, 0.4) is 0 Å². The molecule has 4 heterocycles. The summed E-state index contributed by atoms with van der Waals surface area (Å²) in [6, 6.07) is 42.0. The number of nitrogens with zero attached hydrogens (tertiary/aromatic N) is 5. The molecule has 0 saturated carbocycles. The Morgan fingerprint density at radius 2 is 1.19 bits per heavy atom. The predicted molar refractivity (Wildman–Crippen MR) is 150 cm³/mol. The number of para-hydroxylation sites is 3. The van der Waals surface area contributed by atoms with Crippen molar-refractivity contribution in [3.05, 3.63) is 128 Å². The lowest BCUT2D eigenvalue weighted by Crippen LogP contribution is -2.00. The molecule has 0 fully saturated rings. The molecule has 174 valence electrons. The van der Waals surface area contributed by atoms with Gasteiger partial charge in [0.1, 0.15) is 17.0 Å². The van der Waals surface area contributed by atoms with Crippen LogP contribution in [0.4, 0.5) is 0 Å². The van der Waals surface area contributed by atoms with E-state index in [1.54, 1.807) is 0 Å². The van der Waals surface area contributed by atoms with E-state index in [4.69, 9.17) is 9.97 Å². The van der Waals surface area contributed by atoms with Crippen molar-refractivity contribution in [2.75, 3.05) is 0 Å². The fourth-order valence-corrected chi connectivity index (χ4v) is 5.44. The quantitative estimate of drug-likeness (QED) is 0.266. The van der Waals surface area contributed by atoms with E-state index in [1.807, 2.05) is 18.2 Å².